The Morgan fingerprint density at radius 2 is 1.95 bits per heavy atom. The van der Waals surface area contributed by atoms with Crippen molar-refractivity contribution >= 4 is 17.2 Å². The van der Waals surface area contributed by atoms with Crippen LogP contribution in [0, 0.1) is 13.8 Å². The molecular weight excluding hydrogens is 282 g/mol. The van der Waals surface area contributed by atoms with E-state index in [2.05, 4.69) is 24.5 Å². The van der Waals surface area contributed by atoms with E-state index < -0.39 is 0 Å². The molecule has 2 aromatic rings. The molecule has 1 aromatic heterocycles. The molecule has 2 rings (SSSR count). The Bertz CT molecular complexity index is 602. The van der Waals surface area contributed by atoms with E-state index >= 15 is 0 Å². The van der Waals surface area contributed by atoms with Crippen molar-refractivity contribution in [2.24, 2.45) is 0 Å². The van der Waals surface area contributed by atoms with Gasteiger partial charge in [-0.25, -0.2) is 0 Å². The van der Waals surface area contributed by atoms with Crippen molar-refractivity contribution in [1.29, 1.82) is 0 Å². The van der Waals surface area contributed by atoms with Crippen LogP contribution >= 0.6 is 11.3 Å². The minimum absolute atomic E-state index is 0.0439. The highest BCUT2D eigenvalue weighted by Crippen LogP contribution is 2.20. The first-order valence-electron chi connectivity index (χ1n) is 7.12. The summed E-state index contributed by atoms with van der Waals surface area (Å²) in [7, 11) is 0. The molecule has 1 N–H and O–H groups in total. The second kappa shape index (κ2) is 7.27. The maximum Gasteiger partial charge on any atom is 0.224 e. The summed E-state index contributed by atoms with van der Waals surface area (Å²) in [6.07, 6.45) is 0.397. The minimum Gasteiger partial charge on any atom is -0.494 e. The van der Waals surface area contributed by atoms with E-state index in [0.717, 1.165) is 11.3 Å². The number of thiophene rings is 1. The maximum absolute atomic E-state index is 12.0. The summed E-state index contributed by atoms with van der Waals surface area (Å²) in [5.41, 5.74) is 3.48. The smallest absolute Gasteiger partial charge is 0.224 e. The molecule has 0 saturated carbocycles. The Kier molecular flexibility index (Phi) is 5.39. The zero-order chi connectivity index (χ0) is 15.2. The summed E-state index contributed by atoms with van der Waals surface area (Å²) in [6.45, 7) is 7.41. The van der Waals surface area contributed by atoms with Crippen LogP contribution in [-0.2, 0) is 17.8 Å². The number of aryl methyl sites for hydroxylation is 1. The van der Waals surface area contributed by atoms with Gasteiger partial charge >= 0.3 is 0 Å². The van der Waals surface area contributed by atoms with Gasteiger partial charge in [0.15, 0.2) is 0 Å². The number of carbonyl (C=O) groups excluding carboxylic acids is 1. The largest absolute Gasteiger partial charge is 0.494 e. The van der Waals surface area contributed by atoms with Crippen LogP contribution < -0.4 is 10.1 Å². The molecule has 0 aliphatic carbocycles. The third-order valence-electron chi connectivity index (χ3n) is 3.46. The number of hydrogen-bond donors (Lipinski definition) is 1. The van der Waals surface area contributed by atoms with Crippen LogP contribution in [0.1, 0.15) is 28.5 Å². The molecule has 1 amide bonds. The topological polar surface area (TPSA) is 38.3 Å². The Hall–Kier alpha value is -1.81. The van der Waals surface area contributed by atoms with Crippen LogP contribution in [0.25, 0.3) is 0 Å². The quantitative estimate of drug-likeness (QED) is 0.885. The lowest BCUT2D eigenvalue weighted by atomic mass is 10.1. The highest BCUT2D eigenvalue weighted by molar-refractivity contribution is 7.10. The zero-order valence-corrected chi connectivity index (χ0v) is 13.5. The van der Waals surface area contributed by atoms with Crippen molar-refractivity contribution < 1.29 is 9.53 Å². The van der Waals surface area contributed by atoms with Gasteiger partial charge < -0.3 is 10.1 Å². The first-order chi connectivity index (χ1) is 10.1. The molecule has 1 heterocycles. The highest BCUT2D eigenvalue weighted by atomic mass is 32.1. The molecule has 21 heavy (non-hydrogen) atoms. The van der Waals surface area contributed by atoms with Gasteiger partial charge in [-0.2, -0.15) is 0 Å². The maximum atomic E-state index is 12.0. The van der Waals surface area contributed by atoms with Gasteiger partial charge in [-0.05, 0) is 55.0 Å². The Labute approximate surface area is 130 Å². The van der Waals surface area contributed by atoms with Crippen molar-refractivity contribution in [1.82, 2.24) is 5.32 Å². The van der Waals surface area contributed by atoms with Crippen LogP contribution in [-0.4, -0.2) is 12.5 Å². The lowest BCUT2D eigenvalue weighted by Crippen LogP contribution is -2.24. The molecule has 0 unspecified atom stereocenters. The number of ether oxygens (including phenoxy) is 1. The molecule has 0 aliphatic rings. The van der Waals surface area contributed by atoms with Gasteiger partial charge in [-0.15, -0.1) is 11.3 Å². The Morgan fingerprint density at radius 3 is 2.52 bits per heavy atom. The van der Waals surface area contributed by atoms with E-state index in [1.54, 1.807) is 11.3 Å². The summed E-state index contributed by atoms with van der Waals surface area (Å²) in [5.74, 6) is 0.883. The molecule has 4 heteroatoms. The molecule has 0 radical (unpaired) electrons. The standard InChI is InChI=1S/C17H21NO2S/c1-4-20-16-7-5-14(6-8-16)9-17(19)18-10-15-11-21-13(3)12(15)2/h5-8,11H,4,9-10H2,1-3H3,(H,18,19). The SMILES string of the molecule is CCOc1ccc(CC(=O)NCc2csc(C)c2C)cc1. The molecule has 112 valence electrons. The summed E-state index contributed by atoms with van der Waals surface area (Å²) in [4.78, 5) is 13.3. The number of hydrogen-bond acceptors (Lipinski definition) is 3. The predicted molar refractivity (Wildman–Crippen MR) is 87.0 cm³/mol. The van der Waals surface area contributed by atoms with Gasteiger partial charge in [0, 0.05) is 11.4 Å². The third-order valence-corrected chi connectivity index (χ3v) is 4.52. The second-order valence-electron chi connectivity index (χ2n) is 4.97. The number of carbonyl (C=O) groups is 1. The van der Waals surface area contributed by atoms with Gasteiger partial charge in [0.2, 0.25) is 5.91 Å². The summed E-state index contributed by atoms with van der Waals surface area (Å²) >= 11 is 1.73. The van der Waals surface area contributed by atoms with E-state index in [-0.39, 0.29) is 5.91 Å². The fourth-order valence-corrected chi connectivity index (χ4v) is 2.94. The Morgan fingerprint density at radius 1 is 1.24 bits per heavy atom. The molecule has 0 bridgehead atoms. The predicted octanol–water partition coefficient (Wildman–Crippen LogP) is 3.62. The second-order valence-corrected chi connectivity index (χ2v) is 6.06. The zero-order valence-electron chi connectivity index (χ0n) is 12.7. The van der Waals surface area contributed by atoms with Crippen LogP contribution in [0.5, 0.6) is 5.75 Å². The van der Waals surface area contributed by atoms with Crippen molar-refractivity contribution in [3.05, 3.63) is 51.2 Å². The summed E-state index contributed by atoms with van der Waals surface area (Å²) in [5, 5.41) is 5.09. The highest BCUT2D eigenvalue weighted by Gasteiger charge is 2.07. The fraction of sp³-hybridized carbons (Fsp3) is 0.353. The average molecular weight is 303 g/mol. The molecular formula is C17H21NO2S. The third kappa shape index (κ3) is 4.33. The van der Waals surface area contributed by atoms with Crippen molar-refractivity contribution in [3.8, 4) is 5.75 Å². The summed E-state index contributed by atoms with van der Waals surface area (Å²) < 4.78 is 5.39. The van der Waals surface area contributed by atoms with Crippen LogP contribution in [0.15, 0.2) is 29.6 Å². The van der Waals surface area contributed by atoms with Crippen LogP contribution in [0.2, 0.25) is 0 Å². The Balaban J connectivity index is 1.85. The van der Waals surface area contributed by atoms with Gasteiger partial charge in [0.25, 0.3) is 0 Å². The fourth-order valence-electron chi connectivity index (χ4n) is 2.05. The van der Waals surface area contributed by atoms with Gasteiger partial charge in [0.1, 0.15) is 5.75 Å². The molecule has 0 fully saturated rings. The monoisotopic (exact) mass is 303 g/mol. The van der Waals surface area contributed by atoms with E-state index in [0.29, 0.717) is 19.6 Å². The molecule has 0 spiro atoms. The van der Waals surface area contributed by atoms with Crippen LogP contribution in [0.3, 0.4) is 0 Å². The molecule has 0 aliphatic heterocycles. The van der Waals surface area contributed by atoms with Crippen molar-refractivity contribution in [2.45, 2.75) is 33.7 Å². The molecule has 0 atom stereocenters. The number of rotatable bonds is 6. The normalized spacial score (nSPS) is 10.4. The van der Waals surface area contributed by atoms with Crippen molar-refractivity contribution in [2.75, 3.05) is 6.61 Å². The minimum atomic E-state index is 0.0439. The first kappa shape index (κ1) is 15.6. The molecule has 3 nitrogen and oxygen atoms in total. The van der Waals surface area contributed by atoms with Crippen LogP contribution in [0.4, 0.5) is 0 Å². The van der Waals surface area contributed by atoms with E-state index in [1.807, 2.05) is 31.2 Å². The molecule has 1 aromatic carbocycles. The number of nitrogens with one attached hydrogen (secondary N) is 1. The van der Waals surface area contributed by atoms with Gasteiger partial charge in [-0.3, -0.25) is 4.79 Å². The average Bonchev–Trinajstić information content (AvgIpc) is 2.79. The first-order valence-corrected chi connectivity index (χ1v) is 8.00. The lowest BCUT2D eigenvalue weighted by Gasteiger charge is -2.07. The van der Waals surface area contributed by atoms with E-state index in [4.69, 9.17) is 4.74 Å². The number of benzene rings is 1. The number of amides is 1. The summed E-state index contributed by atoms with van der Waals surface area (Å²) in [6, 6.07) is 7.67. The van der Waals surface area contributed by atoms with Crippen molar-refractivity contribution in [3.63, 3.8) is 0 Å². The van der Waals surface area contributed by atoms with E-state index in [1.165, 1.54) is 16.0 Å². The lowest BCUT2D eigenvalue weighted by molar-refractivity contribution is -0.120. The van der Waals surface area contributed by atoms with E-state index in [9.17, 15) is 4.79 Å². The molecule has 0 saturated heterocycles. The van der Waals surface area contributed by atoms with Gasteiger partial charge in [-0.1, -0.05) is 12.1 Å². The van der Waals surface area contributed by atoms with Gasteiger partial charge in [0.05, 0.1) is 13.0 Å².